The van der Waals surface area contributed by atoms with Crippen LogP contribution in [0.5, 0.6) is 5.75 Å². The van der Waals surface area contributed by atoms with Crippen LogP contribution < -0.4 is 15.0 Å². The second kappa shape index (κ2) is 10.2. The van der Waals surface area contributed by atoms with Crippen LogP contribution in [0.4, 0.5) is 6.01 Å². The molecule has 0 saturated carbocycles. The van der Waals surface area contributed by atoms with Crippen molar-refractivity contribution in [2.75, 3.05) is 31.6 Å². The SMILES string of the molecule is CNC(=O)C1CC=C(c2ccc(OCC3CCN(c4nc(C(C)C)no4)CC3)cc2)CC1. The molecule has 1 atom stereocenters. The first-order chi connectivity index (χ1) is 15.5. The molecule has 7 nitrogen and oxygen atoms in total. The van der Waals surface area contributed by atoms with Gasteiger partial charge in [0.15, 0.2) is 5.82 Å². The minimum atomic E-state index is 0.106. The van der Waals surface area contributed by atoms with E-state index in [1.807, 2.05) is 0 Å². The molecule has 1 fully saturated rings. The number of nitrogens with zero attached hydrogens (tertiary/aromatic N) is 3. The number of rotatable bonds is 7. The molecule has 1 N–H and O–H groups in total. The highest BCUT2D eigenvalue weighted by atomic mass is 16.5. The van der Waals surface area contributed by atoms with Crippen LogP contribution in [0.3, 0.4) is 0 Å². The summed E-state index contributed by atoms with van der Waals surface area (Å²) >= 11 is 0. The van der Waals surface area contributed by atoms with Crippen molar-refractivity contribution in [2.45, 2.75) is 51.9 Å². The quantitative estimate of drug-likeness (QED) is 0.689. The molecule has 2 aliphatic rings. The van der Waals surface area contributed by atoms with Crippen molar-refractivity contribution >= 4 is 17.5 Å². The van der Waals surface area contributed by atoms with Gasteiger partial charge < -0.3 is 19.5 Å². The summed E-state index contributed by atoms with van der Waals surface area (Å²) in [6.45, 7) is 6.69. The van der Waals surface area contributed by atoms with Crippen molar-refractivity contribution in [3.8, 4) is 5.75 Å². The number of hydrogen-bond acceptors (Lipinski definition) is 6. The van der Waals surface area contributed by atoms with Crippen LogP contribution in [0.1, 0.15) is 63.3 Å². The molecule has 172 valence electrons. The van der Waals surface area contributed by atoms with Gasteiger partial charge in [0.2, 0.25) is 5.91 Å². The van der Waals surface area contributed by atoms with E-state index in [-0.39, 0.29) is 17.7 Å². The van der Waals surface area contributed by atoms with Gasteiger partial charge in [-0.1, -0.05) is 37.2 Å². The highest BCUT2D eigenvalue weighted by Gasteiger charge is 2.24. The Morgan fingerprint density at radius 1 is 1.22 bits per heavy atom. The van der Waals surface area contributed by atoms with Gasteiger partial charge in [0.05, 0.1) is 6.61 Å². The topological polar surface area (TPSA) is 80.5 Å². The minimum Gasteiger partial charge on any atom is -0.493 e. The predicted molar refractivity (Wildman–Crippen MR) is 125 cm³/mol. The lowest BCUT2D eigenvalue weighted by atomic mass is 9.86. The van der Waals surface area contributed by atoms with Crippen molar-refractivity contribution in [3.63, 3.8) is 0 Å². The van der Waals surface area contributed by atoms with Gasteiger partial charge in [-0.2, -0.15) is 4.98 Å². The third-order valence-corrected chi connectivity index (χ3v) is 6.57. The number of benzene rings is 1. The smallest absolute Gasteiger partial charge is 0.324 e. The Morgan fingerprint density at radius 3 is 2.56 bits per heavy atom. The fourth-order valence-corrected chi connectivity index (χ4v) is 4.40. The van der Waals surface area contributed by atoms with Crippen molar-refractivity contribution in [1.29, 1.82) is 0 Å². The molecule has 1 unspecified atom stereocenters. The maximum Gasteiger partial charge on any atom is 0.324 e. The van der Waals surface area contributed by atoms with Gasteiger partial charge in [-0.05, 0) is 61.3 Å². The van der Waals surface area contributed by atoms with Crippen molar-refractivity contribution in [3.05, 3.63) is 41.7 Å². The first kappa shape index (κ1) is 22.4. The van der Waals surface area contributed by atoms with Crippen LogP contribution in [0.2, 0.25) is 0 Å². The Balaban J connectivity index is 1.23. The summed E-state index contributed by atoms with van der Waals surface area (Å²) in [7, 11) is 1.71. The molecular weight excluding hydrogens is 404 g/mol. The summed E-state index contributed by atoms with van der Waals surface area (Å²) in [6.07, 6.45) is 6.98. The Labute approximate surface area is 190 Å². The van der Waals surface area contributed by atoms with Crippen LogP contribution in [0.15, 0.2) is 34.9 Å². The van der Waals surface area contributed by atoms with Gasteiger partial charge in [0.25, 0.3) is 0 Å². The number of carbonyl (C=O) groups excluding carboxylic acids is 1. The fraction of sp³-hybridized carbons (Fsp3) is 0.560. The van der Waals surface area contributed by atoms with Crippen LogP contribution in [-0.2, 0) is 4.79 Å². The van der Waals surface area contributed by atoms with E-state index in [1.54, 1.807) is 7.05 Å². The molecular formula is C25H34N4O3. The second-order valence-corrected chi connectivity index (χ2v) is 9.17. The summed E-state index contributed by atoms with van der Waals surface area (Å²) < 4.78 is 11.5. The molecule has 1 amide bonds. The van der Waals surface area contributed by atoms with Crippen LogP contribution >= 0.6 is 0 Å². The molecule has 1 aromatic heterocycles. The van der Waals surface area contributed by atoms with E-state index in [0.717, 1.165) is 63.4 Å². The van der Waals surface area contributed by atoms with E-state index < -0.39 is 0 Å². The van der Waals surface area contributed by atoms with E-state index in [1.165, 1.54) is 11.1 Å². The number of allylic oxidation sites excluding steroid dienone is 2. The highest BCUT2D eigenvalue weighted by Crippen LogP contribution is 2.31. The lowest BCUT2D eigenvalue weighted by molar-refractivity contribution is -0.124. The normalized spacial score (nSPS) is 19.7. The van der Waals surface area contributed by atoms with Crippen molar-refractivity contribution in [2.24, 2.45) is 11.8 Å². The third-order valence-electron chi connectivity index (χ3n) is 6.57. The van der Waals surface area contributed by atoms with Crippen molar-refractivity contribution < 1.29 is 14.1 Å². The summed E-state index contributed by atoms with van der Waals surface area (Å²) in [5, 5.41) is 6.82. The zero-order valence-corrected chi connectivity index (χ0v) is 19.3. The molecule has 32 heavy (non-hydrogen) atoms. The number of piperidine rings is 1. The molecule has 2 aromatic rings. The lowest BCUT2D eigenvalue weighted by Crippen LogP contribution is -2.35. The van der Waals surface area contributed by atoms with E-state index in [2.05, 4.69) is 64.5 Å². The molecule has 1 saturated heterocycles. The molecule has 7 heteroatoms. The maximum atomic E-state index is 11.8. The van der Waals surface area contributed by atoms with Crippen LogP contribution in [0.25, 0.3) is 5.57 Å². The predicted octanol–water partition coefficient (Wildman–Crippen LogP) is 4.42. The molecule has 0 spiro atoms. The Bertz CT molecular complexity index is 927. The van der Waals surface area contributed by atoms with E-state index in [4.69, 9.17) is 9.26 Å². The number of anilines is 1. The number of aromatic nitrogens is 2. The van der Waals surface area contributed by atoms with E-state index >= 15 is 0 Å². The maximum absolute atomic E-state index is 11.8. The number of ether oxygens (including phenoxy) is 1. The van der Waals surface area contributed by atoms with Gasteiger partial charge in [-0.3, -0.25) is 4.79 Å². The number of carbonyl (C=O) groups is 1. The molecule has 0 bridgehead atoms. The van der Waals surface area contributed by atoms with Gasteiger partial charge in [-0.25, -0.2) is 0 Å². The second-order valence-electron chi connectivity index (χ2n) is 9.17. The molecule has 1 aliphatic carbocycles. The monoisotopic (exact) mass is 438 g/mol. The zero-order chi connectivity index (χ0) is 22.5. The average Bonchev–Trinajstić information content (AvgIpc) is 3.34. The Morgan fingerprint density at radius 2 is 1.97 bits per heavy atom. The first-order valence-corrected chi connectivity index (χ1v) is 11.8. The van der Waals surface area contributed by atoms with Gasteiger partial charge in [0, 0.05) is 32.0 Å². The minimum absolute atomic E-state index is 0.106. The molecule has 1 aliphatic heterocycles. The first-order valence-electron chi connectivity index (χ1n) is 11.8. The van der Waals surface area contributed by atoms with Gasteiger partial charge in [-0.15, -0.1) is 0 Å². The molecule has 2 heterocycles. The Hall–Kier alpha value is -2.83. The van der Waals surface area contributed by atoms with Crippen LogP contribution in [-0.4, -0.2) is 42.8 Å². The summed E-state index contributed by atoms with van der Waals surface area (Å²) in [4.78, 5) is 18.5. The lowest BCUT2D eigenvalue weighted by Gasteiger charge is -2.30. The zero-order valence-electron chi connectivity index (χ0n) is 19.3. The van der Waals surface area contributed by atoms with Crippen LogP contribution in [0, 0.1) is 11.8 Å². The molecule has 4 rings (SSSR count). The largest absolute Gasteiger partial charge is 0.493 e. The summed E-state index contributed by atoms with van der Waals surface area (Å²) in [6, 6.07) is 9.02. The summed E-state index contributed by atoms with van der Waals surface area (Å²) in [5.41, 5.74) is 2.55. The van der Waals surface area contributed by atoms with E-state index in [0.29, 0.717) is 11.9 Å². The number of hydrogen-bond donors (Lipinski definition) is 1. The third kappa shape index (κ3) is 5.31. The molecule has 1 aromatic carbocycles. The average molecular weight is 439 g/mol. The molecule has 0 radical (unpaired) electrons. The van der Waals surface area contributed by atoms with Crippen molar-refractivity contribution in [1.82, 2.24) is 15.5 Å². The van der Waals surface area contributed by atoms with Gasteiger partial charge >= 0.3 is 6.01 Å². The summed E-state index contributed by atoms with van der Waals surface area (Å²) in [5.74, 6) is 2.74. The van der Waals surface area contributed by atoms with E-state index in [9.17, 15) is 4.79 Å². The fourth-order valence-electron chi connectivity index (χ4n) is 4.40. The number of amides is 1. The highest BCUT2D eigenvalue weighted by molar-refractivity contribution is 5.80. The Kier molecular flexibility index (Phi) is 7.12. The standard InChI is InChI=1S/C25H34N4O3/c1-17(2)23-27-25(32-28-23)29-14-12-18(13-15-29)16-31-22-10-8-20(9-11-22)19-4-6-21(7-5-19)24(30)26-3/h4,8-11,17-18,21H,5-7,12-16H2,1-3H3,(H,26,30). The number of nitrogens with one attached hydrogen (secondary N) is 1. The van der Waals surface area contributed by atoms with Gasteiger partial charge in [0.1, 0.15) is 5.75 Å².